The zero-order valence-electron chi connectivity index (χ0n) is 11.9. The first-order valence-corrected chi connectivity index (χ1v) is 6.91. The molecule has 3 N–H and O–H groups in total. The average molecular weight is 265 g/mol. The quantitative estimate of drug-likeness (QED) is 0.757. The zero-order valence-corrected chi connectivity index (χ0v) is 11.9. The number of carbonyl (C=O) groups excluding carboxylic acids is 1. The molecule has 1 aliphatic heterocycles. The molecule has 0 spiro atoms. The van der Waals surface area contributed by atoms with Gasteiger partial charge in [-0.05, 0) is 25.8 Å². The van der Waals surface area contributed by atoms with E-state index in [2.05, 4.69) is 25.8 Å². The number of nitrogens with one attached hydrogen (secondary N) is 3. The summed E-state index contributed by atoms with van der Waals surface area (Å²) in [7, 11) is 0. The molecule has 6 nitrogen and oxygen atoms in total. The van der Waals surface area contributed by atoms with Gasteiger partial charge in [-0.1, -0.05) is 20.8 Å². The standard InChI is InChI=1S/C13H23N5O/c1-13(2,3)12-16-10(17-18-12)11(19)15-8-6-9-5-4-7-14-9/h9,14H,4-8H2,1-3H3,(H,15,19)(H,16,17,18)/t9-/m0/s1. The molecule has 0 radical (unpaired) electrons. The van der Waals surface area contributed by atoms with Gasteiger partial charge in [0.2, 0.25) is 5.82 Å². The van der Waals surface area contributed by atoms with Crippen molar-refractivity contribution in [2.45, 2.75) is 51.5 Å². The van der Waals surface area contributed by atoms with E-state index in [1.165, 1.54) is 12.8 Å². The van der Waals surface area contributed by atoms with E-state index in [0.717, 1.165) is 18.8 Å². The normalized spacial score (nSPS) is 19.6. The first-order valence-electron chi connectivity index (χ1n) is 6.91. The Labute approximate surface area is 113 Å². The first kappa shape index (κ1) is 14.0. The molecule has 19 heavy (non-hydrogen) atoms. The molecule has 0 saturated carbocycles. The van der Waals surface area contributed by atoms with Crippen LogP contribution in [-0.2, 0) is 5.41 Å². The Morgan fingerprint density at radius 1 is 1.47 bits per heavy atom. The predicted octanol–water partition coefficient (Wildman–Crippen LogP) is 0.974. The fourth-order valence-electron chi connectivity index (χ4n) is 2.14. The van der Waals surface area contributed by atoms with Gasteiger partial charge in [0.15, 0.2) is 0 Å². The largest absolute Gasteiger partial charge is 0.349 e. The number of aromatic amines is 1. The highest BCUT2D eigenvalue weighted by atomic mass is 16.2. The van der Waals surface area contributed by atoms with Gasteiger partial charge in [0.05, 0.1) is 0 Å². The van der Waals surface area contributed by atoms with Crippen LogP contribution in [0.5, 0.6) is 0 Å². The SMILES string of the molecule is CC(C)(C)c1nc(C(=O)NCC[C@@H]2CCCN2)n[nH]1. The van der Waals surface area contributed by atoms with E-state index in [-0.39, 0.29) is 17.1 Å². The highest BCUT2D eigenvalue weighted by Crippen LogP contribution is 2.17. The molecule has 1 atom stereocenters. The number of nitrogens with zero attached hydrogens (tertiary/aromatic N) is 2. The summed E-state index contributed by atoms with van der Waals surface area (Å²) in [6.45, 7) is 7.84. The van der Waals surface area contributed by atoms with Gasteiger partial charge >= 0.3 is 0 Å². The van der Waals surface area contributed by atoms with Crippen molar-refractivity contribution >= 4 is 5.91 Å². The van der Waals surface area contributed by atoms with Crippen LogP contribution in [0.4, 0.5) is 0 Å². The summed E-state index contributed by atoms with van der Waals surface area (Å²) in [6, 6.07) is 0.539. The molecule has 0 aromatic carbocycles. The van der Waals surface area contributed by atoms with Crippen molar-refractivity contribution < 1.29 is 4.79 Å². The summed E-state index contributed by atoms with van der Waals surface area (Å²) >= 11 is 0. The molecule has 0 bridgehead atoms. The summed E-state index contributed by atoms with van der Waals surface area (Å²) in [6.07, 6.45) is 3.39. The average Bonchev–Trinajstić information content (AvgIpc) is 2.99. The fraction of sp³-hybridized carbons (Fsp3) is 0.769. The Kier molecular flexibility index (Phi) is 4.19. The molecule has 1 amide bonds. The number of hydrogen-bond acceptors (Lipinski definition) is 4. The minimum Gasteiger partial charge on any atom is -0.349 e. The van der Waals surface area contributed by atoms with E-state index >= 15 is 0 Å². The number of aromatic nitrogens is 3. The summed E-state index contributed by atoms with van der Waals surface area (Å²) in [5, 5.41) is 13.1. The molecular formula is C13H23N5O. The van der Waals surface area contributed by atoms with Gasteiger partial charge in [-0.3, -0.25) is 9.89 Å². The topological polar surface area (TPSA) is 82.7 Å². The van der Waals surface area contributed by atoms with Gasteiger partial charge in [0.25, 0.3) is 5.91 Å². The highest BCUT2D eigenvalue weighted by molar-refractivity contribution is 5.90. The number of hydrogen-bond donors (Lipinski definition) is 3. The predicted molar refractivity (Wildman–Crippen MR) is 73.1 cm³/mol. The van der Waals surface area contributed by atoms with E-state index in [1.807, 2.05) is 20.8 Å². The second kappa shape index (κ2) is 5.69. The first-order chi connectivity index (χ1) is 8.97. The van der Waals surface area contributed by atoms with Crippen molar-refractivity contribution in [1.29, 1.82) is 0 Å². The Bertz CT molecular complexity index is 428. The zero-order chi connectivity index (χ0) is 13.9. The fourth-order valence-corrected chi connectivity index (χ4v) is 2.14. The Hall–Kier alpha value is -1.43. The van der Waals surface area contributed by atoms with Crippen molar-refractivity contribution in [3.63, 3.8) is 0 Å². The number of carbonyl (C=O) groups is 1. The van der Waals surface area contributed by atoms with Gasteiger partial charge in [-0.15, -0.1) is 5.10 Å². The van der Waals surface area contributed by atoms with Gasteiger partial charge in [-0.25, -0.2) is 4.98 Å². The van der Waals surface area contributed by atoms with Crippen LogP contribution in [0.15, 0.2) is 0 Å². The van der Waals surface area contributed by atoms with E-state index in [4.69, 9.17) is 0 Å². The molecule has 1 aromatic heterocycles. The van der Waals surface area contributed by atoms with Crippen LogP contribution in [-0.4, -0.2) is 40.2 Å². The lowest BCUT2D eigenvalue weighted by molar-refractivity contribution is 0.0942. The molecule has 106 valence electrons. The van der Waals surface area contributed by atoms with Crippen molar-refractivity contribution in [3.05, 3.63) is 11.6 Å². The number of amides is 1. The minimum absolute atomic E-state index is 0.126. The van der Waals surface area contributed by atoms with E-state index in [9.17, 15) is 4.79 Å². The molecule has 1 fully saturated rings. The van der Waals surface area contributed by atoms with Crippen molar-refractivity contribution in [3.8, 4) is 0 Å². The Morgan fingerprint density at radius 3 is 2.84 bits per heavy atom. The molecule has 6 heteroatoms. The molecule has 2 rings (SSSR count). The maximum Gasteiger partial charge on any atom is 0.290 e. The summed E-state index contributed by atoms with van der Waals surface area (Å²) in [5.41, 5.74) is -0.126. The molecule has 1 saturated heterocycles. The lowest BCUT2D eigenvalue weighted by atomic mass is 9.96. The number of H-pyrrole nitrogens is 1. The number of rotatable bonds is 4. The molecule has 0 aliphatic carbocycles. The summed E-state index contributed by atoms with van der Waals surface area (Å²) in [4.78, 5) is 16.1. The third-order valence-corrected chi connectivity index (χ3v) is 3.34. The van der Waals surface area contributed by atoms with E-state index in [0.29, 0.717) is 12.6 Å². The maximum absolute atomic E-state index is 11.9. The molecule has 2 heterocycles. The van der Waals surface area contributed by atoms with E-state index in [1.54, 1.807) is 0 Å². The lowest BCUT2D eigenvalue weighted by Crippen LogP contribution is -2.31. The lowest BCUT2D eigenvalue weighted by Gasteiger charge is -2.12. The molecular weight excluding hydrogens is 242 g/mol. The van der Waals surface area contributed by atoms with Crippen LogP contribution in [0.2, 0.25) is 0 Å². The van der Waals surface area contributed by atoms with Crippen molar-refractivity contribution in [1.82, 2.24) is 25.8 Å². The molecule has 1 aromatic rings. The van der Waals surface area contributed by atoms with Crippen LogP contribution in [0, 0.1) is 0 Å². The van der Waals surface area contributed by atoms with Crippen LogP contribution in [0.25, 0.3) is 0 Å². The summed E-state index contributed by atoms with van der Waals surface area (Å²) < 4.78 is 0. The van der Waals surface area contributed by atoms with Gasteiger partial charge in [-0.2, -0.15) is 0 Å². The monoisotopic (exact) mass is 265 g/mol. The second-order valence-electron chi connectivity index (χ2n) is 6.10. The van der Waals surface area contributed by atoms with Crippen molar-refractivity contribution in [2.24, 2.45) is 0 Å². The Balaban J connectivity index is 1.81. The van der Waals surface area contributed by atoms with Crippen LogP contribution < -0.4 is 10.6 Å². The van der Waals surface area contributed by atoms with Crippen molar-refractivity contribution in [2.75, 3.05) is 13.1 Å². The van der Waals surface area contributed by atoms with Crippen LogP contribution in [0.3, 0.4) is 0 Å². The van der Waals surface area contributed by atoms with Gasteiger partial charge < -0.3 is 10.6 Å². The smallest absolute Gasteiger partial charge is 0.290 e. The minimum atomic E-state index is -0.204. The third kappa shape index (κ3) is 3.76. The summed E-state index contributed by atoms with van der Waals surface area (Å²) in [5.74, 6) is 0.754. The Morgan fingerprint density at radius 2 is 2.26 bits per heavy atom. The maximum atomic E-state index is 11.9. The van der Waals surface area contributed by atoms with Gasteiger partial charge in [0.1, 0.15) is 5.82 Å². The second-order valence-corrected chi connectivity index (χ2v) is 6.10. The van der Waals surface area contributed by atoms with Crippen LogP contribution in [0.1, 0.15) is 56.5 Å². The highest BCUT2D eigenvalue weighted by Gasteiger charge is 2.21. The van der Waals surface area contributed by atoms with Crippen LogP contribution >= 0.6 is 0 Å². The third-order valence-electron chi connectivity index (χ3n) is 3.34. The molecule has 1 aliphatic rings. The van der Waals surface area contributed by atoms with Gasteiger partial charge in [0, 0.05) is 18.0 Å². The molecule has 0 unspecified atom stereocenters. The van der Waals surface area contributed by atoms with E-state index < -0.39 is 0 Å².